The summed E-state index contributed by atoms with van der Waals surface area (Å²) < 4.78 is 5.89. The fourth-order valence-electron chi connectivity index (χ4n) is 4.92. The predicted octanol–water partition coefficient (Wildman–Crippen LogP) is 5.77. The van der Waals surface area contributed by atoms with Gasteiger partial charge in [0.2, 0.25) is 5.91 Å². The number of amides is 2. The van der Waals surface area contributed by atoms with Gasteiger partial charge in [-0.1, -0.05) is 91.6 Å². The van der Waals surface area contributed by atoms with Crippen LogP contribution in [0.5, 0.6) is 5.75 Å². The van der Waals surface area contributed by atoms with E-state index in [0.29, 0.717) is 18.7 Å². The van der Waals surface area contributed by atoms with Crippen LogP contribution in [0, 0.1) is 13.8 Å². The Morgan fingerprint density at radius 2 is 1.59 bits per heavy atom. The summed E-state index contributed by atoms with van der Waals surface area (Å²) in [6, 6.07) is 25.2. The van der Waals surface area contributed by atoms with Gasteiger partial charge >= 0.3 is 0 Å². The lowest BCUT2D eigenvalue weighted by molar-refractivity contribution is -0.143. The minimum Gasteiger partial charge on any atom is -0.484 e. The quantitative estimate of drug-likeness (QED) is 0.386. The molecular formula is C32H38N2O3. The van der Waals surface area contributed by atoms with Gasteiger partial charge in [0, 0.05) is 19.0 Å². The number of nitrogens with one attached hydrogen (secondary N) is 1. The van der Waals surface area contributed by atoms with Crippen LogP contribution in [0.15, 0.2) is 78.9 Å². The molecule has 1 aliphatic rings. The van der Waals surface area contributed by atoms with Crippen LogP contribution in [-0.4, -0.2) is 35.4 Å². The summed E-state index contributed by atoms with van der Waals surface area (Å²) in [7, 11) is 0. The highest BCUT2D eigenvalue weighted by Crippen LogP contribution is 2.20. The standard InChI is InChI=1S/C32H38N2O3/c1-24-16-18-27(19-17-24)22-34(31(35)23-37-29-15-9-10-25(2)20-29)30(21-26-11-5-3-6-12-26)32(36)33-28-13-7-4-8-14-28/h3,5-6,9-12,15-20,28,30H,4,7-8,13-14,21-23H2,1-2H3,(H,33,36)/t30-/m1/s1. The maximum absolute atomic E-state index is 13.8. The molecule has 0 heterocycles. The van der Waals surface area contributed by atoms with Crippen molar-refractivity contribution in [1.82, 2.24) is 10.2 Å². The summed E-state index contributed by atoms with van der Waals surface area (Å²) >= 11 is 0. The van der Waals surface area contributed by atoms with E-state index in [-0.39, 0.29) is 24.5 Å². The first-order chi connectivity index (χ1) is 18.0. The van der Waals surface area contributed by atoms with E-state index in [4.69, 9.17) is 4.74 Å². The number of hydrogen-bond acceptors (Lipinski definition) is 3. The SMILES string of the molecule is Cc1ccc(CN(C(=O)COc2cccc(C)c2)[C@H](Cc2ccccc2)C(=O)NC2CCCCC2)cc1. The minimum atomic E-state index is -0.640. The molecule has 1 aliphatic carbocycles. The summed E-state index contributed by atoms with van der Waals surface area (Å²) in [5.41, 5.74) is 4.22. The minimum absolute atomic E-state index is 0.0910. The second-order valence-electron chi connectivity index (χ2n) is 10.2. The molecule has 1 N–H and O–H groups in total. The summed E-state index contributed by atoms with van der Waals surface area (Å²) in [6.45, 7) is 4.24. The molecule has 1 fully saturated rings. The number of ether oxygens (including phenoxy) is 1. The van der Waals surface area contributed by atoms with E-state index in [0.717, 1.165) is 47.9 Å². The number of rotatable bonds is 10. The van der Waals surface area contributed by atoms with Gasteiger partial charge in [0.1, 0.15) is 11.8 Å². The van der Waals surface area contributed by atoms with Gasteiger partial charge in [0.05, 0.1) is 0 Å². The van der Waals surface area contributed by atoms with Crippen LogP contribution in [0.2, 0.25) is 0 Å². The van der Waals surface area contributed by atoms with Crippen LogP contribution in [0.1, 0.15) is 54.4 Å². The first-order valence-corrected chi connectivity index (χ1v) is 13.4. The Balaban J connectivity index is 1.60. The van der Waals surface area contributed by atoms with Gasteiger partial charge in [-0.3, -0.25) is 9.59 Å². The highest BCUT2D eigenvalue weighted by molar-refractivity contribution is 5.88. The normalized spacial score (nSPS) is 14.5. The maximum Gasteiger partial charge on any atom is 0.261 e. The average Bonchev–Trinajstić information content (AvgIpc) is 2.91. The molecule has 5 nitrogen and oxygen atoms in total. The fourth-order valence-corrected chi connectivity index (χ4v) is 4.92. The molecule has 194 valence electrons. The zero-order chi connectivity index (χ0) is 26.0. The lowest BCUT2D eigenvalue weighted by atomic mass is 9.94. The van der Waals surface area contributed by atoms with E-state index in [1.54, 1.807) is 4.90 Å². The Kier molecular flexibility index (Phi) is 9.36. The van der Waals surface area contributed by atoms with E-state index in [1.807, 2.05) is 92.7 Å². The van der Waals surface area contributed by atoms with Crippen LogP contribution in [0.25, 0.3) is 0 Å². The topological polar surface area (TPSA) is 58.6 Å². The molecule has 4 rings (SSSR count). The maximum atomic E-state index is 13.8. The van der Waals surface area contributed by atoms with Crippen molar-refractivity contribution in [1.29, 1.82) is 0 Å². The lowest BCUT2D eigenvalue weighted by Crippen LogP contribution is -2.53. The first-order valence-electron chi connectivity index (χ1n) is 13.4. The van der Waals surface area contributed by atoms with Gasteiger partial charge in [-0.25, -0.2) is 0 Å². The Labute approximate surface area is 220 Å². The molecule has 3 aromatic carbocycles. The summed E-state index contributed by atoms with van der Waals surface area (Å²) in [5, 5.41) is 3.28. The zero-order valence-corrected chi connectivity index (χ0v) is 22.0. The Bertz CT molecular complexity index is 1150. The molecule has 37 heavy (non-hydrogen) atoms. The highest BCUT2D eigenvalue weighted by atomic mass is 16.5. The molecule has 0 unspecified atom stereocenters. The third-order valence-corrected chi connectivity index (χ3v) is 7.05. The van der Waals surface area contributed by atoms with Crippen molar-refractivity contribution in [2.24, 2.45) is 0 Å². The highest BCUT2D eigenvalue weighted by Gasteiger charge is 2.32. The lowest BCUT2D eigenvalue weighted by Gasteiger charge is -2.33. The molecule has 2 amide bonds. The van der Waals surface area contributed by atoms with Gasteiger partial charge in [0.25, 0.3) is 5.91 Å². The molecule has 0 spiro atoms. The van der Waals surface area contributed by atoms with Crippen molar-refractivity contribution in [2.45, 2.75) is 71.0 Å². The smallest absolute Gasteiger partial charge is 0.261 e. The monoisotopic (exact) mass is 498 g/mol. The van der Waals surface area contributed by atoms with Gasteiger partial charge in [-0.2, -0.15) is 0 Å². The van der Waals surface area contributed by atoms with Crippen LogP contribution in [0.3, 0.4) is 0 Å². The van der Waals surface area contributed by atoms with Crippen molar-refractivity contribution in [3.63, 3.8) is 0 Å². The third-order valence-electron chi connectivity index (χ3n) is 7.05. The largest absolute Gasteiger partial charge is 0.484 e. The van der Waals surface area contributed by atoms with Gasteiger partial charge in [-0.05, 0) is 55.5 Å². The average molecular weight is 499 g/mol. The summed E-state index contributed by atoms with van der Waals surface area (Å²) in [5.74, 6) is 0.350. The fraction of sp³-hybridized carbons (Fsp3) is 0.375. The van der Waals surface area contributed by atoms with E-state index < -0.39 is 6.04 Å². The van der Waals surface area contributed by atoms with Crippen LogP contribution < -0.4 is 10.1 Å². The Hall–Kier alpha value is -3.60. The third kappa shape index (κ3) is 7.94. The van der Waals surface area contributed by atoms with Crippen molar-refractivity contribution in [2.75, 3.05) is 6.61 Å². The second-order valence-corrected chi connectivity index (χ2v) is 10.2. The van der Waals surface area contributed by atoms with Gasteiger partial charge in [0.15, 0.2) is 6.61 Å². The summed E-state index contributed by atoms with van der Waals surface area (Å²) in [6.07, 6.45) is 5.91. The number of benzene rings is 3. The van der Waals surface area contributed by atoms with Gasteiger partial charge in [-0.15, -0.1) is 0 Å². The molecule has 5 heteroatoms. The molecule has 0 aliphatic heterocycles. The van der Waals surface area contributed by atoms with E-state index in [2.05, 4.69) is 5.32 Å². The summed E-state index contributed by atoms with van der Waals surface area (Å²) in [4.78, 5) is 29.2. The molecule has 0 bridgehead atoms. The Morgan fingerprint density at radius 1 is 0.865 bits per heavy atom. The van der Waals surface area contributed by atoms with E-state index >= 15 is 0 Å². The number of nitrogens with zero attached hydrogens (tertiary/aromatic N) is 1. The van der Waals surface area contributed by atoms with Crippen LogP contribution in [-0.2, 0) is 22.6 Å². The van der Waals surface area contributed by atoms with Crippen molar-refractivity contribution < 1.29 is 14.3 Å². The molecule has 1 atom stereocenters. The molecule has 3 aromatic rings. The van der Waals surface area contributed by atoms with E-state index in [9.17, 15) is 9.59 Å². The molecule has 0 radical (unpaired) electrons. The second kappa shape index (κ2) is 13.1. The van der Waals surface area contributed by atoms with Crippen molar-refractivity contribution in [3.8, 4) is 5.75 Å². The predicted molar refractivity (Wildman–Crippen MR) is 147 cm³/mol. The van der Waals surface area contributed by atoms with Crippen LogP contribution >= 0.6 is 0 Å². The molecule has 0 aromatic heterocycles. The number of aryl methyl sites for hydroxylation is 2. The number of carbonyl (C=O) groups excluding carboxylic acids is 2. The van der Waals surface area contributed by atoms with Crippen molar-refractivity contribution in [3.05, 3.63) is 101 Å². The molecule has 1 saturated carbocycles. The zero-order valence-electron chi connectivity index (χ0n) is 22.0. The number of hydrogen-bond donors (Lipinski definition) is 1. The van der Waals surface area contributed by atoms with E-state index in [1.165, 1.54) is 6.42 Å². The van der Waals surface area contributed by atoms with Crippen LogP contribution in [0.4, 0.5) is 0 Å². The number of carbonyl (C=O) groups is 2. The van der Waals surface area contributed by atoms with Gasteiger partial charge < -0.3 is 15.0 Å². The Morgan fingerprint density at radius 3 is 2.30 bits per heavy atom. The molecular weight excluding hydrogens is 460 g/mol. The molecule has 0 saturated heterocycles. The van der Waals surface area contributed by atoms with Crippen molar-refractivity contribution >= 4 is 11.8 Å². The first kappa shape index (κ1) is 26.5.